The molecular formula is C21H12. The van der Waals surface area contributed by atoms with Crippen molar-refractivity contribution in [3.05, 3.63) is 58.0 Å². The molecule has 0 aliphatic heterocycles. The van der Waals surface area contributed by atoms with Crippen molar-refractivity contribution < 1.29 is 0 Å². The summed E-state index contributed by atoms with van der Waals surface area (Å²) in [5.41, 5.74) is 6.52. The molecule has 0 heterocycles. The van der Waals surface area contributed by atoms with Crippen molar-refractivity contribution in [2.75, 3.05) is 0 Å². The Balaban J connectivity index is 2.10. The molecule has 0 bridgehead atoms. The van der Waals surface area contributed by atoms with Gasteiger partial charge < -0.3 is 0 Å². The Kier molecular flexibility index (Phi) is 1.23. The van der Waals surface area contributed by atoms with E-state index in [0.29, 0.717) is 0 Å². The minimum absolute atomic E-state index is 1.19. The highest BCUT2D eigenvalue weighted by molar-refractivity contribution is 6.26. The molecule has 0 spiro atoms. The van der Waals surface area contributed by atoms with Gasteiger partial charge in [-0.2, -0.15) is 0 Å². The van der Waals surface area contributed by atoms with Crippen LogP contribution in [0.1, 0.15) is 17.5 Å². The van der Waals surface area contributed by atoms with Crippen molar-refractivity contribution in [1.82, 2.24) is 0 Å². The second-order valence-electron chi connectivity index (χ2n) is 6.95. The highest BCUT2D eigenvalue weighted by Gasteiger charge is 2.30. The number of hydrogen-bond donors (Lipinski definition) is 0. The Morgan fingerprint density at radius 3 is 1.48 bits per heavy atom. The predicted molar refractivity (Wildman–Crippen MR) is 88.2 cm³/mol. The monoisotopic (exact) mass is 264 g/mol. The highest BCUT2D eigenvalue weighted by Crippen LogP contribution is 2.42. The number of rotatable bonds is 0. The lowest BCUT2D eigenvalue weighted by molar-refractivity contribution is 1.21. The lowest BCUT2D eigenvalue weighted by Crippen LogP contribution is -2.24. The molecular weight excluding hydrogens is 252 g/mol. The first-order valence-electron chi connectivity index (χ1n) is 7.85. The third-order valence-electron chi connectivity index (χ3n) is 6.03. The van der Waals surface area contributed by atoms with Crippen LogP contribution in [-0.2, 0) is 12.8 Å². The average Bonchev–Trinajstić information content (AvgIpc) is 3.13. The molecule has 3 aliphatic carbocycles. The van der Waals surface area contributed by atoms with Crippen LogP contribution in [0, 0.1) is 0 Å². The largest absolute Gasteiger partial charge is 0.0575 e. The van der Waals surface area contributed by atoms with Gasteiger partial charge in [-0.15, -0.1) is 0 Å². The summed E-state index contributed by atoms with van der Waals surface area (Å²) in [6, 6.07) is 14.0. The molecule has 7 rings (SSSR count). The van der Waals surface area contributed by atoms with E-state index in [4.69, 9.17) is 0 Å². The number of hydrogen-bond acceptors (Lipinski definition) is 0. The molecule has 0 heteroatoms. The Labute approximate surface area is 121 Å². The summed E-state index contributed by atoms with van der Waals surface area (Å²) in [5.74, 6) is 0. The molecule has 0 fully saturated rings. The van der Waals surface area contributed by atoms with Gasteiger partial charge in [0.2, 0.25) is 0 Å². The van der Waals surface area contributed by atoms with Gasteiger partial charge in [0, 0.05) is 0 Å². The zero-order valence-electron chi connectivity index (χ0n) is 11.6. The zero-order valence-corrected chi connectivity index (χ0v) is 11.6. The van der Waals surface area contributed by atoms with E-state index in [1.807, 2.05) is 0 Å². The summed E-state index contributed by atoms with van der Waals surface area (Å²) in [6.45, 7) is 0. The molecule has 96 valence electrons. The normalized spacial score (nSPS) is 17.7. The SMILES string of the molecule is c1cc2ccc3ccc4c5c6c7c(c1CC=7CC=6C4)c2c35. The maximum Gasteiger partial charge on any atom is -0.00174 e. The Morgan fingerprint density at radius 2 is 0.952 bits per heavy atom. The summed E-state index contributed by atoms with van der Waals surface area (Å²) in [4.78, 5) is 0. The van der Waals surface area contributed by atoms with Crippen LogP contribution in [0.3, 0.4) is 0 Å². The predicted octanol–water partition coefficient (Wildman–Crippen LogP) is 3.40. The topological polar surface area (TPSA) is 0 Å². The van der Waals surface area contributed by atoms with Crippen molar-refractivity contribution >= 4 is 43.5 Å². The Morgan fingerprint density at radius 1 is 0.476 bits per heavy atom. The van der Waals surface area contributed by atoms with E-state index in [2.05, 4.69) is 36.4 Å². The van der Waals surface area contributed by atoms with Gasteiger partial charge in [0.1, 0.15) is 0 Å². The zero-order chi connectivity index (χ0) is 13.3. The first-order valence-corrected chi connectivity index (χ1v) is 7.85. The van der Waals surface area contributed by atoms with Crippen molar-refractivity contribution in [1.29, 1.82) is 0 Å². The van der Waals surface area contributed by atoms with Crippen LogP contribution in [0.5, 0.6) is 0 Å². The fourth-order valence-corrected chi connectivity index (χ4v) is 5.34. The lowest BCUT2D eigenvalue weighted by Gasteiger charge is -2.12. The molecule has 0 atom stereocenters. The van der Waals surface area contributed by atoms with Gasteiger partial charge in [-0.25, -0.2) is 0 Å². The van der Waals surface area contributed by atoms with Crippen LogP contribution < -0.4 is 10.4 Å². The molecule has 0 radical (unpaired) electrons. The first kappa shape index (κ1) is 9.57. The maximum atomic E-state index is 2.37. The van der Waals surface area contributed by atoms with Gasteiger partial charge in [0.25, 0.3) is 0 Å². The molecule has 0 unspecified atom stereocenters. The molecule has 0 saturated carbocycles. The van der Waals surface area contributed by atoms with E-state index in [1.54, 1.807) is 54.3 Å². The Hall–Kier alpha value is -2.34. The molecule has 0 amide bonds. The fraction of sp³-hybridized carbons (Fsp3) is 0.143. The maximum absolute atomic E-state index is 2.37. The van der Waals surface area contributed by atoms with Crippen molar-refractivity contribution in [2.24, 2.45) is 0 Å². The standard InChI is InChI=1S/C21H12/c1-2-11-4-6-13-8-15-9-14-7-12-5-3-10(1)16-17(11)19(13)21(15)20(14)18(12)16/h1-6H,7-9H2. The molecule has 0 N–H and O–H groups in total. The van der Waals surface area contributed by atoms with Gasteiger partial charge in [-0.1, -0.05) is 47.5 Å². The summed E-state index contributed by atoms with van der Waals surface area (Å²) in [7, 11) is 0. The third kappa shape index (κ3) is 0.820. The van der Waals surface area contributed by atoms with Crippen LogP contribution in [-0.4, -0.2) is 0 Å². The average molecular weight is 264 g/mol. The molecule has 0 saturated heterocycles. The molecule has 3 aliphatic rings. The fourth-order valence-electron chi connectivity index (χ4n) is 5.34. The first-order chi connectivity index (χ1) is 10.4. The van der Waals surface area contributed by atoms with Gasteiger partial charge in [-0.3, -0.25) is 0 Å². The highest BCUT2D eigenvalue weighted by atomic mass is 14.3. The molecule has 4 aromatic carbocycles. The van der Waals surface area contributed by atoms with Crippen LogP contribution in [0.25, 0.3) is 43.5 Å². The summed E-state index contributed by atoms with van der Waals surface area (Å²) in [5, 5.41) is 12.4. The van der Waals surface area contributed by atoms with Crippen molar-refractivity contribution in [3.8, 4) is 0 Å². The summed E-state index contributed by atoms with van der Waals surface area (Å²) >= 11 is 0. The summed E-state index contributed by atoms with van der Waals surface area (Å²) < 4.78 is 0. The molecule has 4 aromatic rings. The second kappa shape index (κ2) is 2.69. The van der Waals surface area contributed by atoms with Crippen LogP contribution in [0.2, 0.25) is 0 Å². The van der Waals surface area contributed by atoms with E-state index >= 15 is 0 Å². The van der Waals surface area contributed by atoms with Gasteiger partial charge in [0.05, 0.1) is 0 Å². The van der Waals surface area contributed by atoms with E-state index in [9.17, 15) is 0 Å². The minimum Gasteiger partial charge on any atom is -0.0575 e. The smallest absolute Gasteiger partial charge is 0.00174 e. The molecule has 0 aromatic heterocycles. The van der Waals surface area contributed by atoms with Crippen LogP contribution in [0.4, 0.5) is 0 Å². The Bertz CT molecular complexity index is 1180. The van der Waals surface area contributed by atoms with Crippen LogP contribution >= 0.6 is 0 Å². The minimum atomic E-state index is 1.19. The van der Waals surface area contributed by atoms with Crippen LogP contribution in [0.15, 0.2) is 36.4 Å². The van der Waals surface area contributed by atoms with Crippen molar-refractivity contribution in [3.63, 3.8) is 0 Å². The van der Waals surface area contributed by atoms with E-state index in [-0.39, 0.29) is 0 Å². The van der Waals surface area contributed by atoms with E-state index in [1.165, 1.54) is 30.0 Å². The second-order valence-corrected chi connectivity index (χ2v) is 6.95. The van der Waals surface area contributed by atoms with E-state index < -0.39 is 0 Å². The van der Waals surface area contributed by atoms with Gasteiger partial charge in [-0.05, 0) is 73.1 Å². The molecule has 21 heavy (non-hydrogen) atoms. The quantitative estimate of drug-likeness (QED) is 0.427. The summed E-state index contributed by atoms with van der Waals surface area (Å²) in [6.07, 6.45) is 3.60. The van der Waals surface area contributed by atoms with Gasteiger partial charge >= 0.3 is 0 Å². The number of benzene rings is 4. The van der Waals surface area contributed by atoms with Gasteiger partial charge in [0.15, 0.2) is 0 Å². The molecule has 0 nitrogen and oxygen atoms in total. The lowest BCUT2D eigenvalue weighted by atomic mass is 9.90. The third-order valence-corrected chi connectivity index (χ3v) is 6.03. The van der Waals surface area contributed by atoms with E-state index in [0.717, 1.165) is 0 Å². The van der Waals surface area contributed by atoms with Crippen molar-refractivity contribution in [2.45, 2.75) is 19.3 Å².